The van der Waals surface area contributed by atoms with Crippen LogP contribution in [0.3, 0.4) is 0 Å². The van der Waals surface area contributed by atoms with Gasteiger partial charge in [0.2, 0.25) is 13.2 Å². The van der Waals surface area contributed by atoms with Crippen LogP contribution in [0.1, 0.15) is 75.2 Å². The molecule has 1 radical (unpaired) electrons. The van der Waals surface area contributed by atoms with Gasteiger partial charge in [-0.3, -0.25) is 4.79 Å². The van der Waals surface area contributed by atoms with Gasteiger partial charge in [0, 0.05) is 17.4 Å². The van der Waals surface area contributed by atoms with Gasteiger partial charge in [0.05, 0.1) is 5.68 Å². The average molecular weight is 320 g/mol. The third-order valence-electron chi connectivity index (χ3n) is 3.84. The molecule has 0 saturated carbocycles. The second-order valence-electron chi connectivity index (χ2n) is 9.35. The van der Waals surface area contributed by atoms with Gasteiger partial charge >= 0.3 is 0 Å². The van der Waals surface area contributed by atoms with E-state index >= 15 is 0 Å². The number of hydrogen-bond acceptors (Lipinski definition) is 2. The van der Waals surface area contributed by atoms with E-state index in [0.717, 1.165) is 5.57 Å². The van der Waals surface area contributed by atoms with Gasteiger partial charge in [-0.1, -0.05) is 65.9 Å². The van der Waals surface area contributed by atoms with Crippen LogP contribution >= 0.6 is 0 Å². The molecule has 1 amide bonds. The monoisotopic (exact) mass is 320 g/mol. The van der Waals surface area contributed by atoms with Crippen LogP contribution in [0.5, 0.6) is 0 Å². The molecule has 0 fully saturated rings. The summed E-state index contributed by atoms with van der Waals surface area (Å²) >= 11 is 0. The van der Waals surface area contributed by atoms with E-state index in [1.54, 1.807) is 7.28 Å². The van der Waals surface area contributed by atoms with Gasteiger partial charge in [0.25, 0.3) is 0 Å². The Morgan fingerprint density at radius 2 is 1.52 bits per heavy atom. The fourth-order valence-corrected chi connectivity index (χ4v) is 2.64. The normalized spacial score (nSPS) is 13.0. The molecule has 0 saturated heterocycles. The van der Waals surface area contributed by atoms with Crippen molar-refractivity contribution in [3.05, 3.63) is 12.2 Å². The molecule has 3 nitrogen and oxygen atoms in total. The third kappa shape index (κ3) is 8.97. The molecule has 0 aliphatic rings. The number of carbonyl (C=O) groups is 2. The minimum Gasteiger partial charge on any atom is -0.351 e. The molecule has 0 heterocycles. The molecule has 23 heavy (non-hydrogen) atoms. The lowest BCUT2D eigenvalue weighted by Gasteiger charge is -2.36. The van der Waals surface area contributed by atoms with Crippen molar-refractivity contribution in [2.24, 2.45) is 11.3 Å². The lowest BCUT2D eigenvalue weighted by atomic mass is 9.45. The molecule has 0 unspecified atom stereocenters. The van der Waals surface area contributed by atoms with Gasteiger partial charge in [0.1, 0.15) is 0 Å². The molecule has 0 aromatic carbocycles. The van der Waals surface area contributed by atoms with E-state index in [0.29, 0.717) is 18.8 Å². The predicted molar refractivity (Wildman–Crippen MR) is 99.7 cm³/mol. The first-order chi connectivity index (χ1) is 10.1. The smallest absolute Gasteiger partial charge is 0.224 e. The lowest BCUT2D eigenvalue weighted by molar-refractivity contribution is -0.122. The molecule has 0 aromatic heterocycles. The zero-order chi connectivity index (χ0) is 18.6. The van der Waals surface area contributed by atoms with E-state index in [9.17, 15) is 9.59 Å². The third-order valence-corrected chi connectivity index (χ3v) is 3.84. The van der Waals surface area contributed by atoms with E-state index in [2.05, 4.69) is 11.9 Å². The highest BCUT2D eigenvalue weighted by molar-refractivity contribution is 6.77. The van der Waals surface area contributed by atoms with Crippen molar-refractivity contribution in [1.82, 2.24) is 5.32 Å². The van der Waals surface area contributed by atoms with Gasteiger partial charge in [0.15, 0.2) is 0 Å². The SMILES string of the molecule is C=C(CC(=O)NC(C)(C)CC(C)(C)[B]C(=O)C(C)(C)C)C(C)C. The highest BCUT2D eigenvalue weighted by Gasteiger charge is 2.35. The Hall–Kier alpha value is -1.06. The Labute approximate surface area is 143 Å². The Morgan fingerprint density at radius 3 is 1.91 bits per heavy atom. The van der Waals surface area contributed by atoms with Crippen molar-refractivity contribution in [1.29, 1.82) is 0 Å². The Morgan fingerprint density at radius 1 is 1.04 bits per heavy atom. The van der Waals surface area contributed by atoms with Gasteiger partial charge < -0.3 is 10.1 Å². The lowest BCUT2D eigenvalue weighted by Crippen LogP contribution is -2.47. The molecule has 4 heteroatoms. The van der Waals surface area contributed by atoms with Crippen LogP contribution in [-0.2, 0) is 9.59 Å². The van der Waals surface area contributed by atoms with Crippen molar-refractivity contribution in [2.45, 2.75) is 86.0 Å². The zero-order valence-corrected chi connectivity index (χ0v) is 16.6. The number of carbonyl (C=O) groups excluding carboxylic acids is 2. The second kappa shape index (κ2) is 7.68. The molecule has 0 aromatic rings. The molecule has 0 aliphatic heterocycles. The molecule has 1 N–H and O–H groups in total. The summed E-state index contributed by atoms with van der Waals surface area (Å²) in [6.45, 7) is 21.9. The number of amides is 1. The first-order valence-corrected chi connectivity index (χ1v) is 8.45. The summed E-state index contributed by atoms with van der Waals surface area (Å²) in [5, 5.41) is 2.80. The van der Waals surface area contributed by atoms with Crippen LogP contribution in [0, 0.1) is 11.3 Å². The minimum absolute atomic E-state index is 0.00773. The highest BCUT2D eigenvalue weighted by Crippen LogP contribution is 2.35. The molecular formula is C19H35BNO2. The molecule has 0 spiro atoms. The van der Waals surface area contributed by atoms with E-state index < -0.39 is 0 Å². The van der Waals surface area contributed by atoms with Crippen molar-refractivity contribution in [3.8, 4) is 0 Å². The molecule has 131 valence electrons. The summed E-state index contributed by atoms with van der Waals surface area (Å²) < 4.78 is 0. The maximum atomic E-state index is 12.3. The van der Waals surface area contributed by atoms with E-state index in [1.165, 1.54) is 0 Å². The Kier molecular flexibility index (Phi) is 7.32. The first-order valence-electron chi connectivity index (χ1n) is 8.45. The average Bonchev–Trinajstić information content (AvgIpc) is 2.23. The van der Waals surface area contributed by atoms with E-state index in [4.69, 9.17) is 0 Å². The minimum atomic E-state index is -0.382. The summed E-state index contributed by atoms with van der Waals surface area (Å²) in [4.78, 5) is 24.4. The van der Waals surface area contributed by atoms with Crippen LogP contribution in [0.25, 0.3) is 0 Å². The van der Waals surface area contributed by atoms with E-state index in [1.807, 2.05) is 62.3 Å². The Bertz CT molecular complexity index is 456. The summed E-state index contributed by atoms with van der Waals surface area (Å²) in [7, 11) is 1.80. The maximum absolute atomic E-state index is 12.3. The van der Waals surface area contributed by atoms with Gasteiger partial charge in [-0.2, -0.15) is 0 Å². The topological polar surface area (TPSA) is 46.2 Å². The zero-order valence-electron chi connectivity index (χ0n) is 16.6. The maximum Gasteiger partial charge on any atom is 0.224 e. The quantitative estimate of drug-likeness (QED) is 0.534. The van der Waals surface area contributed by atoms with Crippen molar-refractivity contribution in [3.63, 3.8) is 0 Å². The van der Waals surface area contributed by atoms with Crippen molar-refractivity contribution >= 4 is 18.9 Å². The molecular weight excluding hydrogens is 285 g/mol. The van der Waals surface area contributed by atoms with E-state index in [-0.39, 0.29) is 27.9 Å². The number of rotatable bonds is 8. The fraction of sp³-hybridized carbons (Fsp3) is 0.789. The van der Waals surface area contributed by atoms with Crippen LogP contribution < -0.4 is 5.32 Å². The highest BCUT2D eigenvalue weighted by atomic mass is 16.1. The Balaban J connectivity index is 4.74. The second-order valence-corrected chi connectivity index (χ2v) is 9.35. The summed E-state index contributed by atoms with van der Waals surface area (Å²) in [5.41, 5.74) is 0.316. The fourth-order valence-electron chi connectivity index (χ4n) is 2.64. The first kappa shape index (κ1) is 21.9. The van der Waals surface area contributed by atoms with Gasteiger partial charge in [-0.25, -0.2) is 0 Å². The molecule has 0 aliphatic carbocycles. The summed E-state index contributed by atoms with van der Waals surface area (Å²) in [6, 6.07) is 0. The van der Waals surface area contributed by atoms with Crippen molar-refractivity contribution in [2.75, 3.05) is 0 Å². The largest absolute Gasteiger partial charge is 0.351 e. The van der Waals surface area contributed by atoms with Crippen molar-refractivity contribution < 1.29 is 9.59 Å². The van der Waals surface area contributed by atoms with Crippen LogP contribution in [-0.4, -0.2) is 24.4 Å². The molecule has 0 bridgehead atoms. The number of nitrogens with one attached hydrogen (secondary N) is 1. The molecule has 0 rings (SSSR count). The van der Waals surface area contributed by atoms with Crippen LogP contribution in [0.2, 0.25) is 5.31 Å². The molecule has 0 atom stereocenters. The van der Waals surface area contributed by atoms with Gasteiger partial charge in [-0.05, 0) is 26.2 Å². The van der Waals surface area contributed by atoms with Crippen LogP contribution in [0.15, 0.2) is 12.2 Å². The predicted octanol–water partition coefficient (Wildman–Crippen LogP) is 4.35. The standard InChI is InChI=1S/C19H35BNO2/c1-13(2)14(3)11-15(22)21-19(9,10)12-18(7,8)20-16(23)17(4,5)6/h13H,3,11-12H2,1-2,4-10H3,(H,21,22). The summed E-state index contributed by atoms with van der Waals surface area (Å²) in [6.07, 6.45) is 1.05. The summed E-state index contributed by atoms with van der Waals surface area (Å²) in [5.74, 6) is 0.296. The van der Waals surface area contributed by atoms with Gasteiger partial charge in [-0.15, -0.1) is 0 Å². The van der Waals surface area contributed by atoms with Crippen LogP contribution in [0.4, 0.5) is 0 Å². The number of hydrogen-bond donors (Lipinski definition) is 1.